The number of benzene rings is 1. The number of imidazole rings is 1. The van der Waals surface area contributed by atoms with Crippen molar-refractivity contribution in [2.24, 2.45) is 12.8 Å². The Kier molecular flexibility index (Phi) is 3.53. The van der Waals surface area contributed by atoms with Gasteiger partial charge in [0.1, 0.15) is 11.5 Å². The molecule has 0 radical (unpaired) electrons. The molecule has 1 aromatic carbocycles. The average molecular weight is 247 g/mol. The molecule has 5 heteroatoms. The largest absolute Gasteiger partial charge is 0.497 e. The van der Waals surface area contributed by atoms with Gasteiger partial charge in [-0.3, -0.25) is 0 Å². The summed E-state index contributed by atoms with van der Waals surface area (Å²) in [4.78, 5) is 4.08. The summed E-state index contributed by atoms with van der Waals surface area (Å²) < 4.78 is 12.4. The molecule has 0 amide bonds. The van der Waals surface area contributed by atoms with Gasteiger partial charge in [-0.05, 0) is 18.2 Å². The summed E-state index contributed by atoms with van der Waals surface area (Å²) in [5.74, 6) is 1.49. The first-order valence-electron chi connectivity index (χ1n) is 5.61. The second-order valence-corrected chi connectivity index (χ2v) is 4.01. The fourth-order valence-corrected chi connectivity index (χ4v) is 1.91. The van der Waals surface area contributed by atoms with Gasteiger partial charge in [0.2, 0.25) is 0 Å². The fourth-order valence-electron chi connectivity index (χ4n) is 1.91. The van der Waals surface area contributed by atoms with E-state index in [4.69, 9.17) is 15.2 Å². The molecule has 1 unspecified atom stereocenters. The van der Waals surface area contributed by atoms with Crippen molar-refractivity contribution in [2.45, 2.75) is 6.04 Å². The third-order valence-corrected chi connectivity index (χ3v) is 2.94. The number of methoxy groups -OCH3 is 2. The van der Waals surface area contributed by atoms with Gasteiger partial charge in [0, 0.05) is 12.6 Å². The van der Waals surface area contributed by atoms with Crippen molar-refractivity contribution in [3.05, 3.63) is 42.0 Å². The fraction of sp³-hybridized carbons (Fsp3) is 0.308. The molecular formula is C13H17N3O2. The van der Waals surface area contributed by atoms with E-state index < -0.39 is 0 Å². The molecule has 1 aromatic heterocycles. The standard InChI is InChI=1S/C13H17N3O2/c1-16-8-15-7-11(16)13(14)10-6-9(17-2)4-5-12(10)18-3/h4-8,13H,14H2,1-3H3. The van der Waals surface area contributed by atoms with E-state index in [-0.39, 0.29) is 6.04 Å². The predicted octanol–water partition coefficient (Wildman–Crippen LogP) is 1.49. The maximum atomic E-state index is 6.27. The molecule has 5 nitrogen and oxygen atoms in total. The van der Waals surface area contributed by atoms with Crippen LogP contribution in [0.1, 0.15) is 17.3 Å². The topological polar surface area (TPSA) is 62.3 Å². The minimum absolute atomic E-state index is 0.303. The molecule has 2 aromatic rings. The van der Waals surface area contributed by atoms with E-state index in [1.54, 1.807) is 26.7 Å². The highest BCUT2D eigenvalue weighted by atomic mass is 16.5. The second kappa shape index (κ2) is 5.10. The molecule has 0 bridgehead atoms. The predicted molar refractivity (Wildman–Crippen MR) is 68.8 cm³/mol. The van der Waals surface area contributed by atoms with Gasteiger partial charge < -0.3 is 19.8 Å². The normalized spacial score (nSPS) is 12.2. The summed E-state index contributed by atoms with van der Waals surface area (Å²) in [6, 6.07) is 5.28. The lowest BCUT2D eigenvalue weighted by atomic mass is 10.0. The minimum atomic E-state index is -0.303. The van der Waals surface area contributed by atoms with E-state index >= 15 is 0 Å². The molecule has 2 rings (SSSR count). The van der Waals surface area contributed by atoms with E-state index in [9.17, 15) is 0 Å². The summed E-state index contributed by atoms with van der Waals surface area (Å²) in [6.45, 7) is 0. The van der Waals surface area contributed by atoms with Gasteiger partial charge in [-0.25, -0.2) is 4.98 Å². The summed E-state index contributed by atoms with van der Waals surface area (Å²) in [5.41, 5.74) is 8.06. The molecule has 1 heterocycles. The Balaban J connectivity index is 2.45. The molecule has 0 aliphatic heterocycles. The van der Waals surface area contributed by atoms with Gasteiger partial charge in [0.05, 0.1) is 38.5 Å². The van der Waals surface area contributed by atoms with Crippen molar-refractivity contribution >= 4 is 0 Å². The zero-order chi connectivity index (χ0) is 13.1. The van der Waals surface area contributed by atoms with Crippen LogP contribution in [0.25, 0.3) is 0 Å². The summed E-state index contributed by atoms with van der Waals surface area (Å²) in [6.07, 6.45) is 3.48. The first-order chi connectivity index (χ1) is 8.67. The van der Waals surface area contributed by atoms with E-state index in [1.807, 2.05) is 29.8 Å². The van der Waals surface area contributed by atoms with Crippen LogP contribution in [0.2, 0.25) is 0 Å². The van der Waals surface area contributed by atoms with Crippen molar-refractivity contribution in [3.63, 3.8) is 0 Å². The molecule has 0 aliphatic carbocycles. The van der Waals surface area contributed by atoms with Crippen molar-refractivity contribution in [1.29, 1.82) is 0 Å². The highest BCUT2D eigenvalue weighted by Gasteiger charge is 2.17. The molecule has 0 saturated carbocycles. The van der Waals surface area contributed by atoms with Crippen LogP contribution in [-0.2, 0) is 7.05 Å². The number of nitrogens with zero attached hydrogens (tertiary/aromatic N) is 2. The molecule has 2 N–H and O–H groups in total. The number of aryl methyl sites for hydroxylation is 1. The van der Waals surface area contributed by atoms with Crippen LogP contribution in [0.4, 0.5) is 0 Å². The minimum Gasteiger partial charge on any atom is -0.497 e. The number of ether oxygens (including phenoxy) is 2. The first kappa shape index (κ1) is 12.4. The van der Waals surface area contributed by atoms with Gasteiger partial charge >= 0.3 is 0 Å². The van der Waals surface area contributed by atoms with Gasteiger partial charge in [0.25, 0.3) is 0 Å². The maximum Gasteiger partial charge on any atom is 0.124 e. The lowest BCUT2D eigenvalue weighted by Gasteiger charge is -2.17. The van der Waals surface area contributed by atoms with Gasteiger partial charge in [-0.1, -0.05) is 0 Å². The number of hydrogen-bond acceptors (Lipinski definition) is 4. The van der Waals surface area contributed by atoms with Gasteiger partial charge in [0.15, 0.2) is 0 Å². The SMILES string of the molecule is COc1ccc(OC)c(C(N)c2cncn2C)c1. The van der Waals surface area contributed by atoms with Crippen molar-refractivity contribution in [2.75, 3.05) is 14.2 Å². The zero-order valence-electron chi connectivity index (χ0n) is 10.8. The summed E-state index contributed by atoms with van der Waals surface area (Å²) in [7, 11) is 5.16. The van der Waals surface area contributed by atoms with Crippen molar-refractivity contribution in [3.8, 4) is 11.5 Å². The smallest absolute Gasteiger partial charge is 0.124 e. The lowest BCUT2D eigenvalue weighted by molar-refractivity contribution is 0.396. The van der Waals surface area contributed by atoms with Crippen molar-refractivity contribution in [1.82, 2.24) is 9.55 Å². The molecule has 0 spiro atoms. The van der Waals surface area contributed by atoms with Crippen LogP contribution in [0.3, 0.4) is 0 Å². The van der Waals surface area contributed by atoms with E-state index in [2.05, 4.69) is 4.98 Å². The van der Waals surface area contributed by atoms with Crippen LogP contribution in [0.15, 0.2) is 30.7 Å². The quantitative estimate of drug-likeness (QED) is 0.889. The Morgan fingerprint density at radius 2 is 2.06 bits per heavy atom. The Labute approximate surface area is 106 Å². The summed E-state index contributed by atoms with van der Waals surface area (Å²) in [5, 5.41) is 0. The van der Waals surface area contributed by atoms with E-state index in [1.165, 1.54) is 0 Å². The molecular weight excluding hydrogens is 230 g/mol. The van der Waals surface area contributed by atoms with Crippen molar-refractivity contribution < 1.29 is 9.47 Å². The van der Waals surface area contributed by atoms with E-state index in [0.717, 1.165) is 22.8 Å². The van der Waals surface area contributed by atoms with Gasteiger partial charge in [-0.15, -0.1) is 0 Å². The molecule has 96 valence electrons. The Morgan fingerprint density at radius 3 is 2.61 bits per heavy atom. The molecule has 18 heavy (non-hydrogen) atoms. The van der Waals surface area contributed by atoms with Crippen LogP contribution in [0, 0.1) is 0 Å². The van der Waals surface area contributed by atoms with Crippen LogP contribution < -0.4 is 15.2 Å². The third kappa shape index (κ3) is 2.17. The number of rotatable bonds is 4. The van der Waals surface area contributed by atoms with Gasteiger partial charge in [-0.2, -0.15) is 0 Å². The molecule has 0 saturated heterocycles. The Bertz CT molecular complexity index is 537. The Morgan fingerprint density at radius 1 is 1.28 bits per heavy atom. The second-order valence-electron chi connectivity index (χ2n) is 4.01. The monoisotopic (exact) mass is 247 g/mol. The van der Waals surface area contributed by atoms with Crippen LogP contribution in [-0.4, -0.2) is 23.8 Å². The average Bonchev–Trinajstić information content (AvgIpc) is 2.83. The molecule has 0 fully saturated rings. The molecule has 0 aliphatic rings. The summed E-state index contributed by atoms with van der Waals surface area (Å²) >= 11 is 0. The maximum absolute atomic E-state index is 6.27. The number of hydrogen-bond donors (Lipinski definition) is 1. The number of nitrogens with two attached hydrogens (primary N) is 1. The highest BCUT2D eigenvalue weighted by Crippen LogP contribution is 2.31. The Hall–Kier alpha value is -2.01. The van der Waals surface area contributed by atoms with E-state index in [0.29, 0.717) is 0 Å². The molecule has 1 atom stereocenters. The highest BCUT2D eigenvalue weighted by molar-refractivity contribution is 5.44. The van der Waals surface area contributed by atoms with Crippen LogP contribution in [0.5, 0.6) is 11.5 Å². The number of aromatic nitrogens is 2. The lowest BCUT2D eigenvalue weighted by Crippen LogP contribution is -2.16. The zero-order valence-corrected chi connectivity index (χ0v) is 10.8. The third-order valence-electron chi connectivity index (χ3n) is 2.94. The first-order valence-corrected chi connectivity index (χ1v) is 5.61. The van der Waals surface area contributed by atoms with Crippen LogP contribution >= 0.6 is 0 Å².